The summed E-state index contributed by atoms with van der Waals surface area (Å²) >= 11 is 0. The van der Waals surface area contributed by atoms with Crippen LogP contribution >= 0.6 is 0 Å². The number of pyridine rings is 1. The molecule has 2 heterocycles. The number of fused-ring (bicyclic) bond motifs is 1. The Bertz CT molecular complexity index is 979. The van der Waals surface area contributed by atoms with E-state index in [1.54, 1.807) is 20.2 Å². The fourth-order valence-electron chi connectivity index (χ4n) is 2.57. The number of carbonyl (C=O) groups is 1. The van der Waals surface area contributed by atoms with Gasteiger partial charge in [-0.25, -0.2) is 13.2 Å². The molecule has 0 radical (unpaired) electrons. The van der Waals surface area contributed by atoms with E-state index in [0.717, 1.165) is 0 Å². The van der Waals surface area contributed by atoms with E-state index in [4.69, 9.17) is 0 Å². The number of nitrogens with zero attached hydrogens (tertiary/aromatic N) is 3. The molecule has 0 saturated heterocycles. The van der Waals surface area contributed by atoms with E-state index < -0.39 is 17.5 Å². The summed E-state index contributed by atoms with van der Waals surface area (Å²) in [5.74, 6) is -2.11. The van der Waals surface area contributed by atoms with Gasteiger partial charge in [-0.3, -0.25) is 9.78 Å². The van der Waals surface area contributed by atoms with Crippen molar-refractivity contribution in [2.24, 2.45) is 0 Å². The van der Waals surface area contributed by atoms with Crippen molar-refractivity contribution in [3.8, 4) is 11.1 Å². The van der Waals surface area contributed by atoms with Crippen LogP contribution in [0.2, 0.25) is 0 Å². The summed E-state index contributed by atoms with van der Waals surface area (Å²) in [6, 6.07) is 4.03. The highest BCUT2D eigenvalue weighted by Crippen LogP contribution is 2.29. The first kappa shape index (κ1) is 17.0. The summed E-state index contributed by atoms with van der Waals surface area (Å²) < 4.78 is 43.3. The summed E-state index contributed by atoms with van der Waals surface area (Å²) in [5.41, 5.74) is 0.910. The smallest absolute Gasteiger partial charge is 0.241 e. The molecule has 1 amide bonds. The third-order valence-corrected chi connectivity index (χ3v) is 4.11. The molecule has 3 rings (SSSR count). The normalized spacial score (nSPS) is 11.1. The van der Waals surface area contributed by atoms with E-state index in [-0.39, 0.29) is 29.1 Å². The number of carbonyl (C=O) groups excluding carboxylic acids is 1. The highest BCUT2D eigenvalue weighted by atomic mass is 19.1. The van der Waals surface area contributed by atoms with E-state index in [2.05, 4.69) is 4.98 Å². The fourth-order valence-corrected chi connectivity index (χ4v) is 2.57. The highest BCUT2D eigenvalue weighted by molar-refractivity contribution is 5.84. The minimum absolute atomic E-state index is 0.0660. The Kier molecular flexibility index (Phi) is 4.24. The Morgan fingerprint density at radius 1 is 1.20 bits per heavy atom. The van der Waals surface area contributed by atoms with Gasteiger partial charge in [0.05, 0.1) is 5.52 Å². The van der Waals surface area contributed by atoms with Crippen LogP contribution in [0.1, 0.15) is 5.56 Å². The van der Waals surface area contributed by atoms with Crippen LogP contribution in [0.4, 0.5) is 13.2 Å². The first-order valence-electron chi connectivity index (χ1n) is 7.59. The van der Waals surface area contributed by atoms with Gasteiger partial charge in [-0.05, 0) is 25.1 Å². The van der Waals surface area contributed by atoms with Gasteiger partial charge in [-0.2, -0.15) is 0 Å². The molecule has 25 heavy (non-hydrogen) atoms. The van der Waals surface area contributed by atoms with E-state index in [9.17, 15) is 18.0 Å². The van der Waals surface area contributed by atoms with Crippen molar-refractivity contribution in [2.45, 2.75) is 13.5 Å². The summed E-state index contributed by atoms with van der Waals surface area (Å²) in [4.78, 5) is 17.4. The first-order valence-corrected chi connectivity index (χ1v) is 7.59. The Balaban J connectivity index is 2.14. The standard InChI is InChI=1S/C18H16F3N3O/c1-10-13(19)5-4-12(17(10)21)11-6-15-18(22-7-11)14(20)8-24(15)9-16(25)23(2)3/h4-8H,9H2,1-3H3. The largest absolute Gasteiger partial charge is 0.347 e. The summed E-state index contributed by atoms with van der Waals surface area (Å²) in [5, 5.41) is 0. The maximum Gasteiger partial charge on any atom is 0.241 e. The molecule has 0 aliphatic rings. The zero-order valence-electron chi connectivity index (χ0n) is 14.0. The molecule has 3 aromatic rings. The predicted molar refractivity (Wildman–Crippen MR) is 88.5 cm³/mol. The molecule has 0 spiro atoms. The predicted octanol–water partition coefficient (Wildman–Crippen LogP) is 3.52. The lowest BCUT2D eigenvalue weighted by Crippen LogP contribution is -2.25. The van der Waals surface area contributed by atoms with Crippen molar-refractivity contribution >= 4 is 16.9 Å². The van der Waals surface area contributed by atoms with Gasteiger partial charge >= 0.3 is 0 Å². The van der Waals surface area contributed by atoms with Crippen LogP contribution in [0.15, 0.2) is 30.6 Å². The van der Waals surface area contributed by atoms with Crippen LogP contribution < -0.4 is 0 Å². The molecule has 0 N–H and O–H groups in total. The summed E-state index contributed by atoms with van der Waals surface area (Å²) in [7, 11) is 3.20. The van der Waals surface area contributed by atoms with Crippen LogP contribution in [0.5, 0.6) is 0 Å². The Hall–Kier alpha value is -2.83. The number of halogens is 3. The molecule has 0 aliphatic carbocycles. The minimum atomic E-state index is -0.691. The van der Waals surface area contributed by atoms with Crippen LogP contribution in [-0.2, 0) is 11.3 Å². The van der Waals surface area contributed by atoms with Crippen LogP contribution in [-0.4, -0.2) is 34.5 Å². The molecular formula is C18H16F3N3O. The quantitative estimate of drug-likeness (QED) is 0.727. The molecule has 0 aliphatic heterocycles. The average molecular weight is 347 g/mol. The summed E-state index contributed by atoms with van der Waals surface area (Å²) in [6.45, 7) is 1.28. The third-order valence-electron chi connectivity index (χ3n) is 4.11. The van der Waals surface area contributed by atoms with Gasteiger partial charge in [0.15, 0.2) is 5.82 Å². The molecular weight excluding hydrogens is 331 g/mol. The number of aromatic nitrogens is 2. The number of hydrogen-bond acceptors (Lipinski definition) is 2. The van der Waals surface area contributed by atoms with E-state index >= 15 is 0 Å². The molecule has 7 heteroatoms. The van der Waals surface area contributed by atoms with E-state index in [1.165, 1.54) is 40.9 Å². The second-order valence-electron chi connectivity index (χ2n) is 6.02. The third kappa shape index (κ3) is 2.97. The lowest BCUT2D eigenvalue weighted by Gasteiger charge is -2.12. The molecule has 4 nitrogen and oxygen atoms in total. The topological polar surface area (TPSA) is 38.1 Å². The molecule has 1 aromatic carbocycles. The van der Waals surface area contributed by atoms with Gasteiger partial charge in [0, 0.05) is 43.2 Å². The van der Waals surface area contributed by atoms with Gasteiger partial charge in [-0.15, -0.1) is 0 Å². The SMILES string of the molecule is Cc1c(F)ccc(-c2cnc3c(F)cn(CC(=O)N(C)C)c3c2)c1F. The molecule has 0 fully saturated rings. The Morgan fingerprint density at radius 3 is 2.60 bits per heavy atom. The van der Waals surface area contributed by atoms with Gasteiger partial charge < -0.3 is 9.47 Å². The highest BCUT2D eigenvalue weighted by Gasteiger charge is 2.17. The average Bonchev–Trinajstić information content (AvgIpc) is 2.88. The number of benzene rings is 1. The lowest BCUT2D eigenvalue weighted by molar-refractivity contribution is -0.129. The number of hydrogen-bond donors (Lipinski definition) is 0. The zero-order valence-corrected chi connectivity index (χ0v) is 14.0. The molecule has 130 valence electrons. The zero-order chi connectivity index (χ0) is 18.3. The van der Waals surface area contributed by atoms with Gasteiger partial charge in [0.2, 0.25) is 5.91 Å². The first-order chi connectivity index (χ1) is 11.8. The van der Waals surface area contributed by atoms with Crippen LogP contribution in [0.3, 0.4) is 0 Å². The van der Waals surface area contributed by atoms with Crippen LogP contribution in [0.25, 0.3) is 22.2 Å². The fraction of sp³-hybridized carbons (Fsp3) is 0.222. The molecule has 0 bridgehead atoms. The molecule has 0 saturated carbocycles. The number of rotatable bonds is 3. The monoisotopic (exact) mass is 347 g/mol. The second-order valence-corrected chi connectivity index (χ2v) is 6.02. The number of amides is 1. The van der Waals surface area contributed by atoms with Gasteiger partial charge in [0.25, 0.3) is 0 Å². The molecule has 2 aromatic heterocycles. The van der Waals surface area contributed by atoms with Crippen molar-refractivity contribution in [1.82, 2.24) is 14.5 Å². The second kappa shape index (κ2) is 6.23. The molecule has 0 unspecified atom stereocenters. The minimum Gasteiger partial charge on any atom is -0.347 e. The van der Waals surface area contributed by atoms with Gasteiger partial charge in [-0.1, -0.05) is 0 Å². The van der Waals surface area contributed by atoms with Crippen LogP contribution in [0, 0.1) is 24.4 Å². The maximum atomic E-state index is 14.4. The van der Waals surface area contributed by atoms with Crippen molar-refractivity contribution in [3.05, 3.63) is 53.6 Å². The maximum absolute atomic E-state index is 14.4. The van der Waals surface area contributed by atoms with Crippen molar-refractivity contribution < 1.29 is 18.0 Å². The number of likely N-dealkylation sites (N-methyl/N-ethyl adjacent to an activating group) is 1. The van der Waals surface area contributed by atoms with E-state index in [1.807, 2.05) is 0 Å². The molecule has 0 atom stereocenters. The summed E-state index contributed by atoms with van der Waals surface area (Å²) in [6.07, 6.45) is 2.52. The Labute approximate surface area is 142 Å². The van der Waals surface area contributed by atoms with Crippen molar-refractivity contribution in [2.75, 3.05) is 14.1 Å². The van der Waals surface area contributed by atoms with Crippen molar-refractivity contribution in [1.29, 1.82) is 0 Å². The van der Waals surface area contributed by atoms with E-state index in [0.29, 0.717) is 11.1 Å². The van der Waals surface area contributed by atoms with Crippen molar-refractivity contribution in [3.63, 3.8) is 0 Å². The van der Waals surface area contributed by atoms with Gasteiger partial charge in [0.1, 0.15) is 23.7 Å². The lowest BCUT2D eigenvalue weighted by atomic mass is 10.0. The Morgan fingerprint density at radius 2 is 1.92 bits per heavy atom.